The van der Waals surface area contributed by atoms with Crippen molar-refractivity contribution < 1.29 is 19.4 Å². The minimum Gasteiger partial charge on any atom is -0.495 e. The fourth-order valence-electron chi connectivity index (χ4n) is 3.25. The van der Waals surface area contributed by atoms with Crippen molar-refractivity contribution in [3.8, 4) is 5.75 Å². The van der Waals surface area contributed by atoms with Crippen molar-refractivity contribution in [3.05, 3.63) is 62.7 Å². The van der Waals surface area contributed by atoms with E-state index in [2.05, 4.69) is 15.9 Å². The summed E-state index contributed by atoms with van der Waals surface area (Å²) in [6, 6.07) is 10.3. The topological polar surface area (TPSA) is 68.5 Å². The molecule has 3 aromatic rings. The Bertz CT molecular complexity index is 1060. The molecule has 0 amide bonds. The summed E-state index contributed by atoms with van der Waals surface area (Å²) in [5.74, 6) is -1.59. The monoisotopic (exact) mass is 449 g/mol. The second kappa shape index (κ2) is 7.37. The third-order valence-corrected chi connectivity index (χ3v) is 5.45. The molecule has 2 aromatic carbocycles. The number of halogens is 2. The zero-order valence-corrected chi connectivity index (χ0v) is 17.3. The molecule has 0 spiro atoms. The zero-order valence-electron chi connectivity index (χ0n) is 14.9. The van der Waals surface area contributed by atoms with E-state index in [9.17, 15) is 14.7 Å². The van der Waals surface area contributed by atoms with Gasteiger partial charge in [0.15, 0.2) is 0 Å². The second-order valence-electron chi connectivity index (χ2n) is 6.21. The number of aliphatic carboxylic acids is 1. The lowest BCUT2D eigenvalue weighted by Gasteiger charge is -2.09. The third kappa shape index (κ3) is 3.35. The lowest BCUT2D eigenvalue weighted by atomic mass is 9.98. The largest absolute Gasteiger partial charge is 0.495 e. The lowest BCUT2D eigenvalue weighted by molar-refractivity contribution is -0.138. The van der Waals surface area contributed by atoms with Crippen molar-refractivity contribution in [2.24, 2.45) is 0 Å². The van der Waals surface area contributed by atoms with Gasteiger partial charge in [0.05, 0.1) is 23.6 Å². The van der Waals surface area contributed by atoms with Crippen LogP contribution in [0.5, 0.6) is 5.75 Å². The Morgan fingerprint density at radius 3 is 2.41 bits per heavy atom. The molecule has 3 rings (SSSR count). The first-order valence-electron chi connectivity index (χ1n) is 8.17. The van der Waals surface area contributed by atoms with Gasteiger partial charge in [-0.3, -0.25) is 14.2 Å². The molecule has 0 aliphatic carbocycles. The van der Waals surface area contributed by atoms with Crippen LogP contribution in [0, 0.1) is 6.92 Å². The van der Waals surface area contributed by atoms with Crippen molar-refractivity contribution in [1.82, 2.24) is 4.57 Å². The average Bonchev–Trinajstić information content (AvgIpc) is 2.91. The summed E-state index contributed by atoms with van der Waals surface area (Å²) in [6.45, 7) is 3.34. The van der Waals surface area contributed by atoms with Crippen LogP contribution >= 0.6 is 27.5 Å². The van der Waals surface area contributed by atoms with E-state index in [4.69, 9.17) is 16.3 Å². The van der Waals surface area contributed by atoms with Gasteiger partial charge in [0.2, 0.25) is 0 Å². The van der Waals surface area contributed by atoms with Crippen LogP contribution in [0.3, 0.4) is 0 Å². The molecular formula is C20H17BrClNO4. The number of carbonyl (C=O) groups excluding carboxylic acids is 1. The first-order chi connectivity index (χ1) is 12.8. The summed E-state index contributed by atoms with van der Waals surface area (Å²) >= 11 is 9.63. The molecule has 0 aliphatic heterocycles. The third-order valence-electron chi connectivity index (χ3n) is 4.62. The lowest BCUT2D eigenvalue weighted by Crippen LogP contribution is -2.15. The molecule has 1 aromatic heterocycles. The van der Waals surface area contributed by atoms with E-state index in [1.54, 1.807) is 50.2 Å². The number of nitrogens with zero attached hydrogens (tertiary/aromatic N) is 1. The van der Waals surface area contributed by atoms with E-state index in [-0.39, 0.29) is 5.91 Å². The number of ether oxygens (including phenoxy) is 1. The van der Waals surface area contributed by atoms with Crippen molar-refractivity contribution >= 4 is 50.3 Å². The van der Waals surface area contributed by atoms with Crippen molar-refractivity contribution in [1.29, 1.82) is 0 Å². The molecule has 0 bridgehead atoms. The molecule has 0 saturated heterocycles. The summed E-state index contributed by atoms with van der Waals surface area (Å²) in [6.07, 6.45) is 0. The van der Waals surface area contributed by atoms with Crippen molar-refractivity contribution in [3.63, 3.8) is 0 Å². The van der Waals surface area contributed by atoms with Crippen LogP contribution in [0.25, 0.3) is 10.9 Å². The highest BCUT2D eigenvalue weighted by Gasteiger charge is 2.27. The molecule has 1 heterocycles. The van der Waals surface area contributed by atoms with Crippen LogP contribution in [0.1, 0.15) is 34.5 Å². The Morgan fingerprint density at radius 2 is 1.85 bits per heavy atom. The van der Waals surface area contributed by atoms with E-state index in [1.807, 2.05) is 0 Å². The van der Waals surface area contributed by atoms with Crippen LogP contribution in [0.2, 0.25) is 5.02 Å². The predicted octanol–water partition coefficient (Wildman–Crippen LogP) is 5.25. The highest BCUT2D eigenvalue weighted by molar-refractivity contribution is 9.10. The molecule has 0 aliphatic rings. The number of carboxylic acid groups (broad SMARTS) is 1. The molecule has 0 fully saturated rings. The van der Waals surface area contributed by atoms with Crippen LogP contribution in [0.15, 0.2) is 40.9 Å². The molecule has 5 nitrogen and oxygen atoms in total. The maximum atomic E-state index is 13.2. The van der Waals surface area contributed by atoms with Gasteiger partial charge in [-0.1, -0.05) is 27.5 Å². The average molecular weight is 451 g/mol. The Morgan fingerprint density at radius 1 is 1.22 bits per heavy atom. The molecule has 0 radical (unpaired) electrons. The Labute approximate surface area is 169 Å². The van der Waals surface area contributed by atoms with Crippen LogP contribution < -0.4 is 4.74 Å². The van der Waals surface area contributed by atoms with Gasteiger partial charge in [-0.2, -0.15) is 0 Å². The number of carboxylic acids is 1. The van der Waals surface area contributed by atoms with Gasteiger partial charge in [-0.15, -0.1) is 0 Å². The molecule has 1 N–H and O–H groups in total. The number of fused-ring (bicyclic) bond motifs is 1. The number of hydrogen-bond acceptors (Lipinski definition) is 3. The van der Waals surface area contributed by atoms with E-state index in [0.29, 0.717) is 38.5 Å². The van der Waals surface area contributed by atoms with Crippen molar-refractivity contribution in [2.75, 3.05) is 7.11 Å². The molecule has 7 heteroatoms. The summed E-state index contributed by atoms with van der Waals surface area (Å²) < 4.78 is 7.65. The van der Waals surface area contributed by atoms with Gasteiger partial charge < -0.3 is 9.84 Å². The fourth-order valence-corrected chi connectivity index (χ4v) is 3.75. The van der Waals surface area contributed by atoms with Gasteiger partial charge in [0, 0.05) is 21.1 Å². The van der Waals surface area contributed by atoms with E-state index in [0.717, 1.165) is 4.47 Å². The fraction of sp³-hybridized carbons (Fsp3) is 0.200. The van der Waals surface area contributed by atoms with Gasteiger partial charge in [-0.05, 0) is 55.8 Å². The maximum absolute atomic E-state index is 13.2. The first-order valence-corrected chi connectivity index (χ1v) is 9.34. The standard InChI is InChI=1S/C20H17BrClNO4/c1-10(20(25)26)18-11(2)23(19(24)12-4-6-13(21)7-5-12)16-9-15(22)17(27-3)8-14(16)18/h4-10H,1-3H3,(H,25,26). The molecule has 1 atom stereocenters. The number of rotatable bonds is 4. The zero-order chi connectivity index (χ0) is 19.9. The normalized spacial score (nSPS) is 12.2. The minimum absolute atomic E-state index is 0.255. The van der Waals surface area contributed by atoms with Crippen LogP contribution in [-0.4, -0.2) is 28.7 Å². The smallest absolute Gasteiger partial charge is 0.310 e. The first kappa shape index (κ1) is 19.5. The Kier molecular flexibility index (Phi) is 5.31. The Hall–Kier alpha value is -2.31. The van der Waals surface area contributed by atoms with E-state index >= 15 is 0 Å². The predicted molar refractivity (Wildman–Crippen MR) is 108 cm³/mol. The number of carbonyl (C=O) groups is 2. The Balaban J connectivity index is 2.33. The number of aromatic nitrogens is 1. The van der Waals surface area contributed by atoms with Crippen LogP contribution in [0.4, 0.5) is 0 Å². The molecular weight excluding hydrogens is 434 g/mol. The molecule has 27 heavy (non-hydrogen) atoms. The van der Waals surface area contributed by atoms with Gasteiger partial charge >= 0.3 is 5.97 Å². The summed E-state index contributed by atoms with van der Waals surface area (Å²) in [5, 5.41) is 10.5. The quantitative estimate of drug-likeness (QED) is 0.589. The van der Waals surface area contributed by atoms with E-state index in [1.165, 1.54) is 11.7 Å². The highest BCUT2D eigenvalue weighted by Crippen LogP contribution is 2.38. The summed E-state index contributed by atoms with van der Waals surface area (Å²) in [5.41, 5.74) is 2.17. The van der Waals surface area contributed by atoms with Gasteiger partial charge in [-0.25, -0.2) is 0 Å². The van der Waals surface area contributed by atoms with Crippen LogP contribution in [-0.2, 0) is 4.79 Å². The number of hydrogen-bond donors (Lipinski definition) is 1. The van der Waals surface area contributed by atoms with E-state index < -0.39 is 11.9 Å². The molecule has 140 valence electrons. The number of benzene rings is 2. The maximum Gasteiger partial charge on any atom is 0.310 e. The number of methoxy groups -OCH3 is 1. The molecule has 1 unspecified atom stereocenters. The van der Waals surface area contributed by atoms with Crippen molar-refractivity contribution in [2.45, 2.75) is 19.8 Å². The minimum atomic E-state index is -0.970. The van der Waals surface area contributed by atoms with Gasteiger partial charge in [0.25, 0.3) is 5.91 Å². The second-order valence-corrected chi connectivity index (χ2v) is 7.53. The SMILES string of the molecule is COc1cc2c(C(C)C(=O)O)c(C)n(C(=O)c3ccc(Br)cc3)c2cc1Cl. The summed E-state index contributed by atoms with van der Waals surface area (Å²) in [4.78, 5) is 24.8. The van der Waals surface area contributed by atoms with Gasteiger partial charge in [0.1, 0.15) is 5.75 Å². The summed E-state index contributed by atoms with van der Waals surface area (Å²) in [7, 11) is 1.49. The molecule has 0 saturated carbocycles. The highest BCUT2D eigenvalue weighted by atomic mass is 79.9.